The van der Waals surface area contributed by atoms with Gasteiger partial charge in [0.15, 0.2) is 0 Å². The first-order valence-electron chi connectivity index (χ1n) is 24.5. The van der Waals surface area contributed by atoms with Gasteiger partial charge in [-0.15, -0.1) is 0 Å². The summed E-state index contributed by atoms with van der Waals surface area (Å²) in [5, 5.41) is 30.8. The minimum absolute atomic E-state index is 0.204. The van der Waals surface area contributed by atoms with E-state index in [-0.39, 0.29) is 36.0 Å². The number of allylic oxidation sites excluding steroid dienone is 9. The second-order valence-corrected chi connectivity index (χ2v) is 22.2. The highest BCUT2D eigenvalue weighted by Crippen LogP contribution is 2.50. The Kier molecular flexibility index (Phi) is 16.6. The van der Waals surface area contributed by atoms with Crippen LogP contribution in [0.25, 0.3) is 0 Å². The first-order chi connectivity index (χ1) is 33.9. The van der Waals surface area contributed by atoms with Crippen molar-refractivity contribution < 1.29 is 68.1 Å². The average Bonchev–Trinajstić information content (AvgIpc) is 4.09. The number of hydrogen-bond donors (Lipinski definition) is 0. The Morgan fingerprint density at radius 3 is 0.863 bits per heavy atom. The quantitative estimate of drug-likeness (QED) is 0.0789. The molecule has 3 aliphatic carbocycles. The number of carbonyl (C=O) groups excluding carboxylic acids is 3. The van der Waals surface area contributed by atoms with Gasteiger partial charge in [-0.1, -0.05) is 41.5 Å². The van der Waals surface area contributed by atoms with Crippen molar-refractivity contribution >= 4 is 17.9 Å². The lowest BCUT2D eigenvalue weighted by Gasteiger charge is -2.38. The van der Waals surface area contributed by atoms with Gasteiger partial charge in [-0.25, -0.2) is 14.4 Å². The number of ether oxygens (including phenoxy) is 3. The average molecular weight is 1040 g/mol. The van der Waals surface area contributed by atoms with Crippen molar-refractivity contribution in [2.45, 2.75) is 137 Å². The maximum Gasteiger partial charge on any atom is 0.423 e. The Balaban J connectivity index is 1.40. The van der Waals surface area contributed by atoms with E-state index in [1.807, 2.05) is 18.2 Å². The summed E-state index contributed by atoms with van der Waals surface area (Å²) < 4.78 is 152. The third-order valence-corrected chi connectivity index (χ3v) is 14.2. The predicted molar refractivity (Wildman–Crippen MR) is 245 cm³/mol. The third-order valence-electron chi connectivity index (χ3n) is 14.2. The lowest BCUT2D eigenvalue weighted by Crippen LogP contribution is -2.35. The number of nitriles is 3. The molecule has 0 unspecified atom stereocenters. The summed E-state index contributed by atoms with van der Waals surface area (Å²) in [6.07, 6.45) is -12.8. The number of hydrogen-bond acceptors (Lipinski definition) is 12. The number of nitrogens with zero attached hydrogens (tertiary/aromatic N) is 6. The van der Waals surface area contributed by atoms with Crippen LogP contribution in [-0.2, 0) is 28.6 Å². The highest BCUT2D eigenvalue weighted by atomic mass is 19.4. The smallest absolute Gasteiger partial charge is 0.423 e. The van der Waals surface area contributed by atoms with Crippen LogP contribution in [0.1, 0.15) is 119 Å². The Bertz CT molecular complexity index is 2260. The van der Waals surface area contributed by atoms with Crippen LogP contribution < -0.4 is 0 Å². The van der Waals surface area contributed by atoms with E-state index in [9.17, 15) is 30.2 Å². The molecule has 12 nitrogen and oxygen atoms in total. The van der Waals surface area contributed by atoms with Gasteiger partial charge in [0.1, 0.15) is 54.7 Å². The molecule has 0 spiro atoms. The van der Waals surface area contributed by atoms with E-state index in [4.69, 9.17) is 14.2 Å². The van der Waals surface area contributed by atoms with Crippen molar-refractivity contribution in [2.24, 2.45) is 22.2 Å². The number of alkyl halides is 9. The SMILES string of the molecule is CC1(C)CC(N2CCCC2)=C(C#N)/C(=C(/C(=O)OCC(COC(=O)/C(=C2\CC(C)(C)CC(N3CCCC3)=C2C#N)C(F)(F)F)COC(=O)/C(=C2\CC(C)(C)CC(N3CCCC3)=C2C#N)C(F)(F)F)C(F)(F)F)C1. The lowest BCUT2D eigenvalue weighted by atomic mass is 9.72. The molecule has 0 radical (unpaired) electrons. The van der Waals surface area contributed by atoms with Gasteiger partial charge in [0.05, 0.1) is 22.6 Å². The zero-order chi connectivity index (χ0) is 54.1. The molecule has 0 saturated carbocycles. The molecule has 0 N–H and O–H groups in total. The fourth-order valence-corrected chi connectivity index (χ4v) is 11.0. The minimum atomic E-state index is -5.46. The second-order valence-electron chi connectivity index (χ2n) is 22.2. The molecule has 3 saturated heterocycles. The molecule has 3 aliphatic heterocycles. The largest absolute Gasteiger partial charge is 0.462 e. The van der Waals surface area contributed by atoms with E-state index in [0.717, 1.165) is 0 Å². The first-order valence-corrected chi connectivity index (χ1v) is 24.5. The van der Waals surface area contributed by atoms with E-state index in [0.29, 0.717) is 94.9 Å². The van der Waals surface area contributed by atoms with Gasteiger partial charge in [0.2, 0.25) is 0 Å². The summed E-state index contributed by atoms with van der Waals surface area (Å²) in [5.41, 5.74) is -10.6. The predicted octanol–water partition coefficient (Wildman–Crippen LogP) is 10.9. The van der Waals surface area contributed by atoms with Gasteiger partial charge >= 0.3 is 36.4 Å². The number of rotatable bonds is 12. The molecule has 6 aliphatic rings. The summed E-state index contributed by atoms with van der Waals surface area (Å²) in [7, 11) is 0. The summed E-state index contributed by atoms with van der Waals surface area (Å²) in [4.78, 5) is 46.9. The lowest BCUT2D eigenvalue weighted by molar-refractivity contribution is -0.158. The third kappa shape index (κ3) is 13.1. The molecule has 3 heterocycles. The van der Waals surface area contributed by atoms with Crippen molar-refractivity contribution in [2.75, 3.05) is 59.1 Å². The molecule has 0 bridgehead atoms. The Morgan fingerprint density at radius 2 is 0.671 bits per heavy atom. The standard InChI is InChI=1S/C52H61F9N6O6/c1-47(2)19-32(35(25-62)38(22-47)65-13-7-8-14-65)41(50(53,54)55)44(68)71-28-31(29-72-45(69)42(51(56,57)58)33-20-48(3,4)23-39(36(33)26-63)66-15-9-10-16-66)30-73-46(70)43(52(59,60)61)34-21-49(5,6)24-40(37(34)27-64)67-17-11-12-18-67/h31H,7-24,28-30H2,1-6H3/b41-32-,42-33-,43-34-. The maximum absolute atomic E-state index is 15.2. The maximum atomic E-state index is 15.2. The molecule has 6 rings (SSSR count). The normalized spacial score (nSPS) is 23.5. The summed E-state index contributed by atoms with van der Waals surface area (Å²) in [5.74, 6) is -8.08. The van der Waals surface area contributed by atoms with Gasteiger partial charge in [0, 0.05) is 56.4 Å². The van der Waals surface area contributed by atoms with Crippen LogP contribution in [0.4, 0.5) is 39.5 Å². The van der Waals surface area contributed by atoms with E-state index in [1.54, 1.807) is 56.2 Å². The van der Waals surface area contributed by atoms with Gasteiger partial charge < -0.3 is 28.9 Å². The monoisotopic (exact) mass is 1040 g/mol. The number of likely N-dealkylation sites (tertiary alicyclic amines) is 3. The van der Waals surface area contributed by atoms with Crippen LogP contribution in [0.3, 0.4) is 0 Å². The van der Waals surface area contributed by atoms with E-state index >= 15 is 39.5 Å². The van der Waals surface area contributed by atoms with Crippen molar-refractivity contribution in [1.29, 1.82) is 15.8 Å². The van der Waals surface area contributed by atoms with Crippen LogP contribution >= 0.6 is 0 Å². The first kappa shape index (κ1) is 56.4. The molecular formula is C52H61F9N6O6. The van der Waals surface area contributed by atoms with Crippen molar-refractivity contribution in [1.82, 2.24) is 14.7 Å². The minimum Gasteiger partial charge on any atom is -0.462 e. The summed E-state index contributed by atoms with van der Waals surface area (Å²) in [6, 6.07) is 5.49. The van der Waals surface area contributed by atoms with Crippen molar-refractivity contribution in [3.8, 4) is 18.2 Å². The number of carbonyl (C=O) groups is 3. The Morgan fingerprint density at radius 1 is 0.452 bits per heavy atom. The van der Waals surface area contributed by atoms with Crippen molar-refractivity contribution in [3.63, 3.8) is 0 Å². The van der Waals surface area contributed by atoms with Crippen molar-refractivity contribution in [3.05, 3.63) is 67.2 Å². The van der Waals surface area contributed by atoms with E-state index in [2.05, 4.69) is 0 Å². The summed E-state index contributed by atoms with van der Waals surface area (Å²) >= 11 is 0. The fraction of sp³-hybridized carbons (Fsp3) is 0.654. The fourth-order valence-electron chi connectivity index (χ4n) is 11.0. The molecule has 398 valence electrons. The Hall–Kier alpha value is -5.91. The van der Waals surface area contributed by atoms with E-state index in [1.165, 1.54) is 0 Å². The van der Waals surface area contributed by atoms with Crippen LogP contribution in [0.5, 0.6) is 0 Å². The van der Waals surface area contributed by atoms with E-state index < -0.39 is 131 Å². The van der Waals surface area contributed by atoms with Gasteiger partial charge in [-0.2, -0.15) is 55.3 Å². The molecule has 21 heteroatoms. The number of halogens is 9. The Labute approximate surface area is 419 Å². The molecule has 0 atom stereocenters. The van der Waals surface area contributed by atoms with Gasteiger partial charge in [0.25, 0.3) is 0 Å². The highest BCUT2D eigenvalue weighted by molar-refractivity contribution is 5.94. The molecule has 0 aromatic heterocycles. The van der Waals surface area contributed by atoms with Crippen LogP contribution in [0.2, 0.25) is 0 Å². The zero-order valence-corrected chi connectivity index (χ0v) is 42.0. The number of esters is 3. The molecule has 0 amide bonds. The second kappa shape index (κ2) is 21.5. The molecule has 73 heavy (non-hydrogen) atoms. The van der Waals surface area contributed by atoms with Crippen LogP contribution in [-0.4, -0.2) is 110 Å². The molecule has 0 aromatic carbocycles. The topological polar surface area (TPSA) is 160 Å². The zero-order valence-electron chi connectivity index (χ0n) is 42.0. The molecule has 3 fully saturated rings. The highest BCUT2D eigenvalue weighted by Gasteiger charge is 2.50. The van der Waals surface area contributed by atoms with Crippen LogP contribution in [0, 0.1) is 56.2 Å². The van der Waals surface area contributed by atoms with Gasteiger partial charge in [-0.3, -0.25) is 0 Å². The molecule has 0 aromatic rings. The summed E-state index contributed by atoms with van der Waals surface area (Å²) in [6.45, 7) is 8.65. The van der Waals surface area contributed by atoms with Gasteiger partial charge in [-0.05, 0) is 110 Å². The molecular weight excluding hydrogens is 976 g/mol. The van der Waals surface area contributed by atoms with Crippen LogP contribution in [0.15, 0.2) is 67.2 Å².